The van der Waals surface area contributed by atoms with E-state index >= 15 is 0 Å². The Labute approximate surface area is 197 Å². The van der Waals surface area contributed by atoms with Crippen LogP contribution in [0.5, 0.6) is 0 Å². The number of rotatable bonds is 4. The van der Waals surface area contributed by atoms with Crippen LogP contribution >= 0.6 is 34.8 Å². The van der Waals surface area contributed by atoms with Gasteiger partial charge in [0.05, 0.1) is 28.0 Å². The molecule has 4 aromatic rings. The predicted octanol–water partition coefficient (Wildman–Crippen LogP) is 5.48. The monoisotopic (exact) mass is 511 g/mol. The molecular weight excluding hydrogens is 500 g/mol. The first-order valence-corrected chi connectivity index (χ1v) is 12.0. The predicted molar refractivity (Wildman–Crippen MR) is 124 cm³/mol. The van der Waals surface area contributed by atoms with Crippen molar-refractivity contribution in [3.63, 3.8) is 0 Å². The first kappa shape index (κ1) is 22.5. The number of nitrogens with zero attached hydrogens (tertiary/aromatic N) is 2. The molecule has 32 heavy (non-hydrogen) atoms. The van der Waals surface area contributed by atoms with Crippen LogP contribution in [0.25, 0.3) is 27.7 Å². The standard InChI is InChI=1S/C21H13Cl3FN3O3S/c1-32(30,31)27-21(29)14-7-16(23)19(8-17(14)25)28-10-15(11-2-5-20(24)26-9-11)13-6-12(22)3-4-18(13)28/h2-10H,1H3,(H,27,29). The van der Waals surface area contributed by atoms with E-state index in [9.17, 15) is 17.6 Å². The van der Waals surface area contributed by atoms with Gasteiger partial charge in [-0.1, -0.05) is 34.8 Å². The molecule has 0 aliphatic heterocycles. The number of hydrogen-bond acceptors (Lipinski definition) is 4. The Morgan fingerprint density at radius 3 is 2.50 bits per heavy atom. The van der Waals surface area contributed by atoms with Crippen molar-refractivity contribution >= 4 is 61.6 Å². The van der Waals surface area contributed by atoms with Crippen molar-refractivity contribution in [3.05, 3.63) is 81.4 Å². The number of carbonyl (C=O) groups is 1. The molecule has 0 atom stereocenters. The second-order valence-corrected chi connectivity index (χ2v) is 9.91. The van der Waals surface area contributed by atoms with Crippen LogP contribution < -0.4 is 4.72 Å². The summed E-state index contributed by atoms with van der Waals surface area (Å²) < 4.78 is 40.8. The lowest BCUT2D eigenvalue weighted by molar-refractivity contribution is 0.0978. The number of halogens is 4. The van der Waals surface area contributed by atoms with Gasteiger partial charge in [0.25, 0.3) is 5.91 Å². The van der Waals surface area contributed by atoms with Crippen LogP contribution in [0.2, 0.25) is 15.2 Å². The van der Waals surface area contributed by atoms with Crippen LogP contribution in [0.15, 0.2) is 54.9 Å². The number of aromatic nitrogens is 2. The lowest BCUT2D eigenvalue weighted by atomic mass is 10.1. The highest BCUT2D eigenvalue weighted by Crippen LogP contribution is 2.36. The molecule has 0 spiro atoms. The molecule has 0 unspecified atom stereocenters. The Morgan fingerprint density at radius 2 is 1.84 bits per heavy atom. The molecule has 0 saturated heterocycles. The molecule has 0 bridgehead atoms. The summed E-state index contributed by atoms with van der Waals surface area (Å²) in [5.74, 6) is -2.05. The van der Waals surface area contributed by atoms with E-state index in [0.717, 1.165) is 34.9 Å². The third kappa shape index (κ3) is 4.45. The van der Waals surface area contributed by atoms with E-state index in [2.05, 4.69) is 4.98 Å². The summed E-state index contributed by atoms with van der Waals surface area (Å²) in [5.41, 5.74) is 1.93. The van der Waals surface area contributed by atoms with Gasteiger partial charge in [-0.05, 0) is 36.4 Å². The summed E-state index contributed by atoms with van der Waals surface area (Å²) in [5, 5.41) is 1.64. The fraction of sp³-hybridized carbons (Fsp3) is 0.0476. The molecule has 0 aliphatic rings. The number of nitrogens with one attached hydrogen (secondary N) is 1. The minimum Gasteiger partial charge on any atom is -0.314 e. The number of carbonyl (C=O) groups excluding carboxylic acids is 1. The van der Waals surface area contributed by atoms with E-state index in [1.54, 1.807) is 52.0 Å². The van der Waals surface area contributed by atoms with Crippen LogP contribution in [-0.2, 0) is 10.0 Å². The topological polar surface area (TPSA) is 81.1 Å². The summed E-state index contributed by atoms with van der Waals surface area (Å²) in [4.78, 5) is 16.2. The van der Waals surface area contributed by atoms with Crippen molar-refractivity contribution in [2.24, 2.45) is 0 Å². The Hall–Kier alpha value is -2.65. The van der Waals surface area contributed by atoms with Gasteiger partial charge in [0.2, 0.25) is 10.0 Å². The maximum atomic E-state index is 14.8. The van der Waals surface area contributed by atoms with E-state index < -0.39 is 27.3 Å². The first-order chi connectivity index (χ1) is 15.0. The largest absolute Gasteiger partial charge is 0.314 e. The zero-order chi connectivity index (χ0) is 23.2. The number of benzene rings is 2. The second kappa shape index (κ2) is 8.37. The van der Waals surface area contributed by atoms with Crippen LogP contribution in [0.1, 0.15) is 10.4 Å². The molecule has 0 fully saturated rings. The quantitative estimate of drug-likeness (QED) is 0.367. The minimum absolute atomic E-state index is 0.0395. The van der Waals surface area contributed by atoms with Gasteiger partial charge in [0.1, 0.15) is 11.0 Å². The van der Waals surface area contributed by atoms with Gasteiger partial charge in [0.15, 0.2) is 0 Å². The number of pyridine rings is 1. The molecule has 0 aliphatic carbocycles. The van der Waals surface area contributed by atoms with Crippen LogP contribution in [0.3, 0.4) is 0 Å². The Balaban J connectivity index is 1.90. The number of fused-ring (bicyclic) bond motifs is 1. The Morgan fingerprint density at radius 1 is 1.09 bits per heavy atom. The van der Waals surface area contributed by atoms with Gasteiger partial charge in [0, 0.05) is 40.0 Å². The Bertz CT molecular complexity index is 1490. The van der Waals surface area contributed by atoms with Crippen molar-refractivity contribution in [1.29, 1.82) is 0 Å². The summed E-state index contributed by atoms with van der Waals surface area (Å²) in [6.07, 6.45) is 4.13. The summed E-state index contributed by atoms with van der Waals surface area (Å²) >= 11 is 18.5. The molecule has 4 rings (SSSR count). The van der Waals surface area contributed by atoms with Crippen molar-refractivity contribution < 1.29 is 17.6 Å². The average Bonchev–Trinajstić information content (AvgIpc) is 3.07. The van der Waals surface area contributed by atoms with Gasteiger partial charge < -0.3 is 4.57 Å². The SMILES string of the molecule is CS(=O)(=O)NC(=O)c1cc(Cl)c(-n2cc(-c3ccc(Cl)nc3)c3cc(Cl)ccc32)cc1F. The van der Waals surface area contributed by atoms with Crippen molar-refractivity contribution in [3.8, 4) is 16.8 Å². The molecule has 1 N–H and O–H groups in total. The molecule has 1 amide bonds. The smallest absolute Gasteiger partial charge is 0.267 e. The third-order valence-electron chi connectivity index (χ3n) is 4.62. The van der Waals surface area contributed by atoms with Gasteiger partial charge in [-0.3, -0.25) is 4.79 Å². The minimum atomic E-state index is -3.87. The summed E-state index contributed by atoms with van der Waals surface area (Å²) in [6, 6.07) is 10.8. The highest BCUT2D eigenvalue weighted by Gasteiger charge is 2.21. The average molecular weight is 513 g/mol. The highest BCUT2D eigenvalue weighted by molar-refractivity contribution is 7.89. The number of sulfonamides is 1. The number of hydrogen-bond donors (Lipinski definition) is 1. The zero-order valence-corrected chi connectivity index (χ0v) is 19.3. The van der Waals surface area contributed by atoms with E-state index in [-0.39, 0.29) is 10.7 Å². The fourth-order valence-electron chi connectivity index (χ4n) is 3.29. The second-order valence-electron chi connectivity index (χ2n) is 6.93. The molecule has 164 valence electrons. The van der Waals surface area contributed by atoms with E-state index in [0.29, 0.717) is 15.7 Å². The van der Waals surface area contributed by atoms with Gasteiger partial charge in [-0.25, -0.2) is 22.5 Å². The molecule has 2 aromatic carbocycles. The van der Waals surface area contributed by atoms with E-state index in [1.165, 1.54) is 0 Å². The molecule has 0 radical (unpaired) electrons. The van der Waals surface area contributed by atoms with Crippen LogP contribution in [-0.4, -0.2) is 30.1 Å². The normalized spacial score (nSPS) is 11.7. The van der Waals surface area contributed by atoms with Gasteiger partial charge >= 0.3 is 0 Å². The summed E-state index contributed by atoms with van der Waals surface area (Å²) in [6.45, 7) is 0. The molecule has 6 nitrogen and oxygen atoms in total. The molecule has 2 aromatic heterocycles. The summed E-state index contributed by atoms with van der Waals surface area (Å²) in [7, 11) is -3.87. The zero-order valence-electron chi connectivity index (χ0n) is 16.2. The van der Waals surface area contributed by atoms with Crippen molar-refractivity contribution in [2.75, 3.05) is 6.26 Å². The maximum Gasteiger partial charge on any atom is 0.267 e. The molecule has 2 heterocycles. The van der Waals surface area contributed by atoms with E-state index in [4.69, 9.17) is 34.8 Å². The van der Waals surface area contributed by atoms with Crippen molar-refractivity contribution in [2.45, 2.75) is 0 Å². The molecule has 0 saturated carbocycles. The number of amides is 1. The van der Waals surface area contributed by atoms with Crippen LogP contribution in [0, 0.1) is 5.82 Å². The molecular formula is C21H13Cl3FN3O3S. The maximum absolute atomic E-state index is 14.8. The van der Waals surface area contributed by atoms with Crippen LogP contribution in [0.4, 0.5) is 4.39 Å². The Kier molecular flexibility index (Phi) is 5.89. The lowest BCUT2D eigenvalue weighted by Crippen LogP contribution is -2.30. The molecule has 11 heteroatoms. The third-order valence-corrected chi connectivity index (χ3v) is 5.94. The van der Waals surface area contributed by atoms with Crippen molar-refractivity contribution in [1.82, 2.24) is 14.3 Å². The fourth-order valence-corrected chi connectivity index (χ4v) is 4.27. The van der Waals surface area contributed by atoms with Gasteiger partial charge in [-0.15, -0.1) is 0 Å². The lowest BCUT2D eigenvalue weighted by Gasteiger charge is -2.11. The highest BCUT2D eigenvalue weighted by atomic mass is 35.5. The first-order valence-electron chi connectivity index (χ1n) is 8.97. The van der Waals surface area contributed by atoms with E-state index in [1.807, 2.05) is 0 Å². The van der Waals surface area contributed by atoms with Gasteiger partial charge in [-0.2, -0.15) is 0 Å².